The third-order valence-electron chi connectivity index (χ3n) is 3.54. The number of hydrogen-bond acceptors (Lipinski definition) is 6. The molecular formula is C17H17BrN4O3. The molecule has 3 rings (SSSR count). The Morgan fingerprint density at radius 1 is 1.36 bits per heavy atom. The van der Waals surface area contributed by atoms with Crippen molar-refractivity contribution < 1.29 is 14.3 Å². The van der Waals surface area contributed by atoms with E-state index in [9.17, 15) is 4.79 Å². The monoisotopic (exact) mass is 404 g/mol. The molecule has 2 aromatic heterocycles. The largest absolute Gasteiger partial charge is 0.513 e. The molecule has 0 fully saturated rings. The molecule has 0 saturated heterocycles. The van der Waals surface area contributed by atoms with E-state index in [0.717, 1.165) is 21.2 Å². The number of carbonyl (C=O) groups is 1. The van der Waals surface area contributed by atoms with Crippen LogP contribution in [-0.2, 0) is 11.2 Å². The van der Waals surface area contributed by atoms with E-state index in [2.05, 4.69) is 31.3 Å². The Hall–Kier alpha value is -2.61. The smallest absolute Gasteiger partial charge is 0.434 e. The highest BCUT2D eigenvalue weighted by molar-refractivity contribution is 9.10. The van der Waals surface area contributed by atoms with Gasteiger partial charge in [-0.3, -0.25) is 0 Å². The van der Waals surface area contributed by atoms with Gasteiger partial charge in [-0.25, -0.2) is 14.3 Å². The first kappa shape index (κ1) is 17.2. The molecule has 1 aromatic carbocycles. The van der Waals surface area contributed by atoms with Crippen LogP contribution in [0.3, 0.4) is 0 Å². The molecule has 0 spiro atoms. The third kappa shape index (κ3) is 3.74. The second-order valence-corrected chi connectivity index (χ2v) is 6.06. The van der Waals surface area contributed by atoms with Crippen molar-refractivity contribution in [3.05, 3.63) is 46.8 Å². The van der Waals surface area contributed by atoms with Gasteiger partial charge in [0.15, 0.2) is 11.6 Å². The van der Waals surface area contributed by atoms with E-state index in [1.807, 2.05) is 31.2 Å². The number of hydrogen-bond donors (Lipinski definition) is 1. The van der Waals surface area contributed by atoms with Gasteiger partial charge >= 0.3 is 6.16 Å². The van der Waals surface area contributed by atoms with Gasteiger partial charge in [-0.1, -0.05) is 28.9 Å². The standard InChI is InChI=1S/C17H17BrN4O3/c1-3-13-14(25-17(23)24-4-2)9-22-15(13)16(19-10-20-22)21-12-7-5-6-11(18)8-12/h5-10H,3-4H2,1-2H3,(H,19,20,21). The Balaban J connectivity index is 2.02. The molecule has 1 N–H and O–H groups in total. The summed E-state index contributed by atoms with van der Waals surface area (Å²) in [5, 5.41) is 7.49. The van der Waals surface area contributed by atoms with Gasteiger partial charge in [0.25, 0.3) is 0 Å². The van der Waals surface area contributed by atoms with Crippen LogP contribution in [0.4, 0.5) is 16.3 Å². The predicted octanol–water partition coefficient (Wildman–Crippen LogP) is 4.33. The molecule has 0 saturated carbocycles. The van der Waals surface area contributed by atoms with Crippen molar-refractivity contribution in [3.8, 4) is 5.75 Å². The lowest BCUT2D eigenvalue weighted by atomic mass is 10.2. The van der Waals surface area contributed by atoms with Crippen molar-refractivity contribution in [2.24, 2.45) is 0 Å². The van der Waals surface area contributed by atoms with Gasteiger partial charge in [-0.2, -0.15) is 5.10 Å². The highest BCUT2D eigenvalue weighted by Crippen LogP contribution is 2.31. The fourth-order valence-corrected chi connectivity index (χ4v) is 2.91. The van der Waals surface area contributed by atoms with Crippen LogP contribution in [0.15, 0.2) is 41.3 Å². The van der Waals surface area contributed by atoms with E-state index < -0.39 is 6.16 Å². The van der Waals surface area contributed by atoms with Gasteiger partial charge < -0.3 is 14.8 Å². The summed E-state index contributed by atoms with van der Waals surface area (Å²) < 4.78 is 12.8. The average molecular weight is 405 g/mol. The van der Waals surface area contributed by atoms with Crippen molar-refractivity contribution in [1.29, 1.82) is 0 Å². The lowest BCUT2D eigenvalue weighted by molar-refractivity contribution is 0.104. The highest BCUT2D eigenvalue weighted by Gasteiger charge is 2.18. The molecule has 0 aliphatic heterocycles. The molecule has 8 heteroatoms. The molecule has 25 heavy (non-hydrogen) atoms. The Labute approximate surface area is 153 Å². The summed E-state index contributed by atoms with van der Waals surface area (Å²) in [6, 6.07) is 7.76. The Bertz CT molecular complexity index is 910. The summed E-state index contributed by atoms with van der Waals surface area (Å²) in [7, 11) is 0. The summed E-state index contributed by atoms with van der Waals surface area (Å²) in [4.78, 5) is 16.0. The summed E-state index contributed by atoms with van der Waals surface area (Å²) in [5.74, 6) is 1.04. The average Bonchev–Trinajstić information content (AvgIpc) is 2.93. The number of aromatic nitrogens is 3. The number of anilines is 2. The first-order valence-corrected chi connectivity index (χ1v) is 8.64. The number of carbonyl (C=O) groups excluding carboxylic acids is 1. The van der Waals surface area contributed by atoms with Crippen molar-refractivity contribution >= 4 is 39.1 Å². The van der Waals surface area contributed by atoms with Gasteiger partial charge in [-0.05, 0) is 31.5 Å². The fourth-order valence-electron chi connectivity index (χ4n) is 2.51. The first-order valence-electron chi connectivity index (χ1n) is 7.84. The van der Waals surface area contributed by atoms with Gasteiger partial charge in [0, 0.05) is 15.7 Å². The molecule has 0 aliphatic rings. The number of nitrogens with one attached hydrogen (secondary N) is 1. The summed E-state index contributed by atoms with van der Waals surface area (Å²) in [6.45, 7) is 3.95. The Kier molecular flexibility index (Phi) is 5.18. The molecule has 0 unspecified atom stereocenters. The Morgan fingerprint density at radius 3 is 2.92 bits per heavy atom. The molecule has 130 valence electrons. The minimum Gasteiger partial charge on any atom is -0.434 e. The maximum Gasteiger partial charge on any atom is 0.513 e. The van der Waals surface area contributed by atoms with E-state index in [0.29, 0.717) is 18.0 Å². The van der Waals surface area contributed by atoms with Crippen LogP contribution in [0.5, 0.6) is 5.75 Å². The fraction of sp³-hybridized carbons (Fsp3) is 0.235. The van der Waals surface area contributed by atoms with Crippen molar-refractivity contribution in [2.45, 2.75) is 20.3 Å². The molecule has 0 atom stereocenters. The number of benzene rings is 1. The number of ether oxygens (including phenoxy) is 2. The van der Waals surface area contributed by atoms with E-state index >= 15 is 0 Å². The number of halogens is 1. The van der Waals surface area contributed by atoms with E-state index in [4.69, 9.17) is 9.47 Å². The normalized spacial score (nSPS) is 10.7. The van der Waals surface area contributed by atoms with Crippen molar-refractivity contribution in [3.63, 3.8) is 0 Å². The van der Waals surface area contributed by atoms with Gasteiger partial charge in [0.2, 0.25) is 0 Å². The molecular weight excluding hydrogens is 388 g/mol. The van der Waals surface area contributed by atoms with Gasteiger partial charge in [-0.15, -0.1) is 0 Å². The topological polar surface area (TPSA) is 77.8 Å². The van der Waals surface area contributed by atoms with Crippen LogP contribution >= 0.6 is 15.9 Å². The highest BCUT2D eigenvalue weighted by atomic mass is 79.9. The first-order chi connectivity index (χ1) is 12.1. The molecule has 0 aliphatic carbocycles. The summed E-state index contributed by atoms with van der Waals surface area (Å²) >= 11 is 3.45. The molecule has 0 radical (unpaired) electrons. The van der Waals surface area contributed by atoms with Crippen molar-refractivity contribution in [1.82, 2.24) is 14.6 Å². The zero-order valence-electron chi connectivity index (χ0n) is 13.8. The van der Waals surface area contributed by atoms with Crippen molar-refractivity contribution in [2.75, 3.05) is 11.9 Å². The molecule has 7 nitrogen and oxygen atoms in total. The molecule has 3 aromatic rings. The minimum absolute atomic E-state index is 0.253. The third-order valence-corrected chi connectivity index (χ3v) is 4.03. The molecule has 2 heterocycles. The summed E-state index contributed by atoms with van der Waals surface area (Å²) in [6.07, 6.45) is 3.01. The Morgan fingerprint density at radius 2 is 2.20 bits per heavy atom. The van der Waals surface area contributed by atoms with Crippen LogP contribution < -0.4 is 10.1 Å². The van der Waals surface area contributed by atoms with E-state index in [1.54, 1.807) is 17.6 Å². The second-order valence-electron chi connectivity index (χ2n) is 5.15. The number of nitrogens with zero attached hydrogens (tertiary/aromatic N) is 3. The van der Waals surface area contributed by atoms with Crippen LogP contribution in [0.25, 0.3) is 5.52 Å². The number of aryl methyl sites for hydroxylation is 1. The quantitative estimate of drug-likeness (QED) is 0.637. The number of rotatable bonds is 5. The minimum atomic E-state index is -0.734. The van der Waals surface area contributed by atoms with Crippen LogP contribution in [0.1, 0.15) is 19.4 Å². The van der Waals surface area contributed by atoms with Gasteiger partial charge in [0.05, 0.1) is 12.8 Å². The van der Waals surface area contributed by atoms with E-state index in [1.165, 1.54) is 6.33 Å². The lowest BCUT2D eigenvalue weighted by Crippen LogP contribution is -2.10. The lowest BCUT2D eigenvalue weighted by Gasteiger charge is -2.09. The number of fused-ring (bicyclic) bond motifs is 1. The summed E-state index contributed by atoms with van der Waals surface area (Å²) in [5.41, 5.74) is 2.46. The van der Waals surface area contributed by atoms with Gasteiger partial charge in [0.1, 0.15) is 11.8 Å². The molecule has 0 amide bonds. The zero-order valence-corrected chi connectivity index (χ0v) is 15.4. The van der Waals surface area contributed by atoms with Crippen LogP contribution in [0, 0.1) is 0 Å². The molecule has 0 bridgehead atoms. The van der Waals surface area contributed by atoms with E-state index in [-0.39, 0.29) is 6.61 Å². The zero-order chi connectivity index (χ0) is 17.8. The second kappa shape index (κ2) is 7.52. The van der Waals surface area contributed by atoms with Crippen LogP contribution in [0.2, 0.25) is 0 Å². The van der Waals surface area contributed by atoms with Crippen LogP contribution in [-0.4, -0.2) is 27.4 Å². The maximum atomic E-state index is 11.7. The predicted molar refractivity (Wildman–Crippen MR) is 97.4 cm³/mol. The maximum absolute atomic E-state index is 11.7. The SMILES string of the molecule is CCOC(=O)Oc1cn2ncnc(Nc3cccc(Br)c3)c2c1CC.